The van der Waals surface area contributed by atoms with E-state index in [1.54, 1.807) is 11.9 Å². The fourth-order valence-electron chi connectivity index (χ4n) is 0.397. The van der Waals surface area contributed by atoms with Gasteiger partial charge in [-0.05, 0) is 24.8 Å². The number of hydrogen-bond acceptors (Lipinski definition) is 2. The molecule has 0 atom stereocenters. The molecule has 0 radical (unpaired) electrons. The fourth-order valence-corrected chi connectivity index (χ4v) is 1.01. The predicted octanol–water partition coefficient (Wildman–Crippen LogP) is 2.53. The summed E-state index contributed by atoms with van der Waals surface area (Å²) < 4.78 is 3.97. The molecule has 1 aliphatic rings. The molecule has 0 bridgehead atoms. The zero-order chi connectivity index (χ0) is 6.24. The molecular weight excluding hydrogens is 118 g/mol. The van der Waals surface area contributed by atoms with Crippen molar-refractivity contribution in [2.75, 3.05) is 5.75 Å². The maximum absolute atomic E-state index is 3.97. The van der Waals surface area contributed by atoms with Crippen LogP contribution < -0.4 is 0 Å². The summed E-state index contributed by atoms with van der Waals surface area (Å²) in [6.07, 6.45) is 4.48. The van der Waals surface area contributed by atoms with Crippen molar-refractivity contribution in [1.82, 2.24) is 0 Å². The smallest absolute Gasteiger partial charge is 0.0156 e. The van der Waals surface area contributed by atoms with Gasteiger partial charge in [0.05, 0.1) is 0 Å². The lowest BCUT2D eigenvalue weighted by Gasteiger charge is -1.96. The first kappa shape index (κ1) is 8.02. The first-order chi connectivity index (χ1) is 4.00. The van der Waals surface area contributed by atoms with Gasteiger partial charge in [0.15, 0.2) is 0 Å². The zero-order valence-electron chi connectivity index (χ0n) is 5.55. The second-order valence-corrected chi connectivity index (χ2v) is 2.14. The van der Waals surface area contributed by atoms with Crippen LogP contribution >= 0.6 is 11.9 Å². The number of nitrogens with zero attached hydrogens (tertiary/aromatic N) is 1. The molecule has 0 saturated carbocycles. The van der Waals surface area contributed by atoms with Gasteiger partial charge in [0.25, 0.3) is 0 Å². The Balaban J connectivity index is 0.000000222. The molecule has 0 aromatic heterocycles. The average molecular weight is 131 g/mol. The molecule has 0 saturated heterocycles. The van der Waals surface area contributed by atoms with Gasteiger partial charge in [-0.15, -0.1) is 0 Å². The second kappa shape index (κ2) is 7.02. The van der Waals surface area contributed by atoms with E-state index in [9.17, 15) is 0 Å². The van der Waals surface area contributed by atoms with Crippen LogP contribution in [0.1, 0.15) is 26.7 Å². The van der Waals surface area contributed by atoms with Gasteiger partial charge < -0.3 is 0 Å². The Morgan fingerprint density at radius 2 is 2.25 bits per heavy atom. The Morgan fingerprint density at radius 3 is 2.38 bits per heavy atom. The van der Waals surface area contributed by atoms with E-state index in [4.69, 9.17) is 0 Å². The quantitative estimate of drug-likeness (QED) is 0.460. The molecule has 0 N–H and O–H groups in total. The van der Waals surface area contributed by atoms with Crippen molar-refractivity contribution in [3.05, 3.63) is 0 Å². The van der Waals surface area contributed by atoms with Crippen molar-refractivity contribution < 1.29 is 0 Å². The third kappa shape index (κ3) is 4.19. The van der Waals surface area contributed by atoms with Crippen molar-refractivity contribution in [2.24, 2.45) is 4.40 Å². The van der Waals surface area contributed by atoms with E-state index in [2.05, 4.69) is 4.40 Å². The molecule has 0 aromatic rings. The molecule has 0 aromatic carbocycles. The highest BCUT2D eigenvalue weighted by Crippen LogP contribution is 2.09. The summed E-state index contributed by atoms with van der Waals surface area (Å²) in [5, 5.41) is 0. The summed E-state index contributed by atoms with van der Waals surface area (Å²) in [6.45, 7) is 4.00. The molecule has 1 rings (SSSR count). The molecule has 0 aliphatic carbocycles. The summed E-state index contributed by atoms with van der Waals surface area (Å²) in [4.78, 5) is 0. The van der Waals surface area contributed by atoms with Crippen molar-refractivity contribution in [3.8, 4) is 0 Å². The number of rotatable bonds is 0. The van der Waals surface area contributed by atoms with Crippen molar-refractivity contribution in [2.45, 2.75) is 26.7 Å². The molecule has 2 heteroatoms. The van der Waals surface area contributed by atoms with Gasteiger partial charge in [-0.3, -0.25) is 0 Å². The SMILES string of the molecule is C1=NSCCC1.CC. The van der Waals surface area contributed by atoms with Crippen LogP contribution in [0, 0.1) is 0 Å². The van der Waals surface area contributed by atoms with Gasteiger partial charge in [-0.25, -0.2) is 4.40 Å². The summed E-state index contributed by atoms with van der Waals surface area (Å²) in [7, 11) is 0. The van der Waals surface area contributed by atoms with E-state index in [0.29, 0.717) is 0 Å². The van der Waals surface area contributed by atoms with Crippen LogP contribution in [0.15, 0.2) is 4.40 Å². The van der Waals surface area contributed by atoms with Crippen LogP contribution in [0.4, 0.5) is 0 Å². The average Bonchev–Trinajstić information content (AvgIpc) is 1.96. The van der Waals surface area contributed by atoms with Crippen molar-refractivity contribution >= 4 is 18.2 Å². The standard InChI is InChI=1S/C4H7NS.C2H6/c1-2-4-6-5-3-1;1-2/h3H,1-2,4H2;1-2H3. The largest absolute Gasteiger partial charge is 0.229 e. The van der Waals surface area contributed by atoms with E-state index < -0.39 is 0 Å². The normalized spacial score (nSPS) is 16.8. The van der Waals surface area contributed by atoms with E-state index >= 15 is 0 Å². The third-order valence-corrected chi connectivity index (χ3v) is 1.49. The van der Waals surface area contributed by atoms with Gasteiger partial charge in [0.2, 0.25) is 0 Å². The minimum Gasteiger partial charge on any atom is -0.229 e. The maximum atomic E-state index is 3.97. The van der Waals surface area contributed by atoms with E-state index in [0.717, 1.165) is 0 Å². The second-order valence-electron chi connectivity index (χ2n) is 1.26. The maximum Gasteiger partial charge on any atom is 0.0156 e. The van der Waals surface area contributed by atoms with Crippen LogP contribution in [0.25, 0.3) is 0 Å². The van der Waals surface area contributed by atoms with Gasteiger partial charge in [-0.2, -0.15) is 0 Å². The van der Waals surface area contributed by atoms with Gasteiger partial charge in [0, 0.05) is 12.0 Å². The highest BCUT2D eigenvalue weighted by atomic mass is 32.2. The van der Waals surface area contributed by atoms with E-state index in [-0.39, 0.29) is 0 Å². The van der Waals surface area contributed by atoms with Crippen molar-refractivity contribution in [1.29, 1.82) is 0 Å². The number of hydrogen-bond donors (Lipinski definition) is 0. The molecule has 1 nitrogen and oxygen atoms in total. The molecule has 0 unspecified atom stereocenters. The Morgan fingerprint density at radius 1 is 1.50 bits per heavy atom. The summed E-state index contributed by atoms with van der Waals surface area (Å²) in [6, 6.07) is 0. The monoisotopic (exact) mass is 131 g/mol. The first-order valence-corrected chi connectivity index (χ1v) is 4.08. The van der Waals surface area contributed by atoms with Crippen molar-refractivity contribution in [3.63, 3.8) is 0 Å². The van der Waals surface area contributed by atoms with Gasteiger partial charge >= 0.3 is 0 Å². The lowest BCUT2D eigenvalue weighted by atomic mass is 10.4. The van der Waals surface area contributed by atoms with Gasteiger partial charge in [-0.1, -0.05) is 13.8 Å². The lowest BCUT2D eigenvalue weighted by Crippen LogP contribution is -1.84. The topological polar surface area (TPSA) is 12.4 Å². The molecule has 8 heavy (non-hydrogen) atoms. The van der Waals surface area contributed by atoms with Gasteiger partial charge in [0.1, 0.15) is 0 Å². The summed E-state index contributed by atoms with van der Waals surface area (Å²) in [5.41, 5.74) is 0. The highest BCUT2D eigenvalue weighted by molar-refractivity contribution is 7.98. The molecule has 0 spiro atoms. The Labute approximate surface area is 55.7 Å². The predicted molar refractivity (Wildman–Crippen MR) is 41.5 cm³/mol. The van der Waals surface area contributed by atoms with Crippen LogP contribution in [0.3, 0.4) is 0 Å². The highest BCUT2D eigenvalue weighted by Gasteiger charge is 1.89. The summed E-state index contributed by atoms with van der Waals surface area (Å²) in [5.74, 6) is 1.22. The third-order valence-electron chi connectivity index (χ3n) is 0.718. The molecule has 1 aliphatic heterocycles. The van der Waals surface area contributed by atoms with Crippen LogP contribution in [-0.2, 0) is 0 Å². The molecule has 0 amide bonds. The molecular formula is C6H13NS. The minimum absolute atomic E-state index is 1.19. The fraction of sp³-hybridized carbons (Fsp3) is 0.833. The summed E-state index contributed by atoms with van der Waals surface area (Å²) >= 11 is 1.66. The van der Waals surface area contributed by atoms with Crippen LogP contribution in [0.5, 0.6) is 0 Å². The van der Waals surface area contributed by atoms with E-state index in [1.165, 1.54) is 18.6 Å². The zero-order valence-corrected chi connectivity index (χ0v) is 6.37. The minimum atomic E-state index is 1.19. The lowest BCUT2D eigenvalue weighted by molar-refractivity contribution is 1.01. The Bertz CT molecular complexity index is 53.5. The van der Waals surface area contributed by atoms with Crippen LogP contribution in [-0.4, -0.2) is 12.0 Å². The van der Waals surface area contributed by atoms with Crippen LogP contribution in [0.2, 0.25) is 0 Å². The molecule has 1 heterocycles. The Kier molecular flexibility index (Phi) is 7.04. The molecule has 48 valence electrons. The first-order valence-electron chi connectivity index (χ1n) is 3.14. The van der Waals surface area contributed by atoms with E-state index in [1.807, 2.05) is 20.1 Å². The Hall–Kier alpha value is 0.0200. The molecule has 0 fully saturated rings.